The Kier molecular flexibility index (Phi) is 3.95. The van der Waals surface area contributed by atoms with Gasteiger partial charge in [0.2, 0.25) is 0 Å². The van der Waals surface area contributed by atoms with Crippen molar-refractivity contribution in [2.75, 3.05) is 13.6 Å². The van der Waals surface area contributed by atoms with Crippen LogP contribution in [-0.4, -0.2) is 30.5 Å². The molecule has 0 amide bonds. The highest BCUT2D eigenvalue weighted by molar-refractivity contribution is 5.70. The number of nitrogens with zero attached hydrogens (tertiary/aromatic N) is 1. The second kappa shape index (κ2) is 5.33. The lowest BCUT2D eigenvalue weighted by Crippen LogP contribution is -2.42. The van der Waals surface area contributed by atoms with E-state index in [1.54, 1.807) is 0 Å². The fraction of sp³-hybridized carbons (Fsp3) is 0.562. The number of carbonyl (C=O) groups excluding carboxylic acids is 1. The molecule has 19 heavy (non-hydrogen) atoms. The molecule has 1 aliphatic rings. The quantitative estimate of drug-likeness (QED) is 0.784. The molecule has 0 unspecified atom stereocenters. The summed E-state index contributed by atoms with van der Waals surface area (Å²) in [4.78, 5) is 14.1. The van der Waals surface area contributed by atoms with E-state index in [1.807, 2.05) is 6.92 Å². The summed E-state index contributed by atoms with van der Waals surface area (Å²) >= 11 is 0. The molecule has 0 aromatic heterocycles. The van der Waals surface area contributed by atoms with E-state index >= 15 is 0 Å². The molecule has 0 saturated carbocycles. The van der Waals surface area contributed by atoms with Gasteiger partial charge in [-0.25, -0.2) is 0 Å². The summed E-state index contributed by atoms with van der Waals surface area (Å²) in [6.45, 7) is 7.00. The van der Waals surface area contributed by atoms with Crippen LogP contribution in [0, 0.1) is 6.92 Å². The minimum atomic E-state index is -0.491. The van der Waals surface area contributed by atoms with Gasteiger partial charge >= 0.3 is 5.97 Å². The number of likely N-dealkylation sites (tertiary alicyclic amines) is 1. The summed E-state index contributed by atoms with van der Waals surface area (Å²) in [7, 11) is 2.08. The monoisotopic (exact) mass is 261 g/mol. The number of hydrogen-bond donors (Lipinski definition) is 0. The number of carbonyl (C=O) groups is 1. The molecule has 2 atom stereocenters. The lowest BCUT2D eigenvalue weighted by atomic mass is 9.86. The molecule has 1 heterocycles. The molecule has 3 nitrogen and oxygen atoms in total. The van der Waals surface area contributed by atoms with Crippen molar-refractivity contribution in [3.63, 3.8) is 0 Å². The van der Waals surface area contributed by atoms with E-state index in [0.717, 1.165) is 18.5 Å². The van der Waals surface area contributed by atoms with Crippen LogP contribution in [0.3, 0.4) is 0 Å². The first-order valence-electron chi connectivity index (χ1n) is 6.99. The molecule has 0 radical (unpaired) electrons. The highest BCUT2D eigenvalue weighted by Crippen LogP contribution is 2.40. The van der Waals surface area contributed by atoms with Crippen molar-refractivity contribution in [2.45, 2.75) is 45.3 Å². The molecular formula is C16H23NO2. The van der Waals surface area contributed by atoms with Gasteiger partial charge in [-0.2, -0.15) is 0 Å². The van der Waals surface area contributed by atoms with Gasteiger partial charge in [0.15, 0.2) is 5.60 Å². The Morgan fingerprint density at radius 3 is 2.53 bits per heavy atom. The van der Waals surface area contributed by atoms with Crippen LogP contribution in [0.4, 0.5) is 0 Å². The van der Waals surface area contributed by atoms with Crippen LogP contribution < -0.4 is 0 Å². The van der Waals surface area contributed by atoms with Gasteiger partial charge in [-0.05, 0) is 26.5 Å². The van der Waals surface area contributed by atoms with Gasteiger partial charge in [0.1, 0.15) is 0 Å². The maximum atomic E-state index is 11.8. The van der Waals surface area contributed by atoms with E-state index in [0.29, 0.717) is 6.42 Å². The number of rotatable bonds is 3. The number of likely N-dealkylation sites (N-methyl/N-ethyl adjacent to an activating group) is 1. The van der Waals surface area contributed by atoms with Crippen molar-refractivity contribution in [1.82, 2.24) is 4.90 Å². The Balaban J connectivity index is 2.39. The molecule has 0 bridgehead atoms. The number of benzene rings is 1. The SMILES string of the molecule is CCC(=O)O[C@]1(c2ccc(C)cc2)CCN(C)[C@H]1C. The summed E-state index contributed by atoms with van der Waals surface area (Å²) in [5.41, 5.74) is 1.84. The minimum absolute atomic E-state index is 0.122. The third-order valence-electron chi connectivity index (χ3n) is 4.30. The van der Waals surface area contributed by atoms with Gasteiger partial charge in [-0.1, -0.05) is 36.8 Å². The maximum absolute atomic E-state index is 11.8. The average molecular weight is 261 g/mol. The van der Waals surface area contributed by atoms with Gasteiger partial charge < -0.3 is 4.74 Å². The Bertz CT molecular complexity index is 454. The third kappa shape index (κ3) is 2.52. The standard InChI is InChI=1S/C16H23NO2/c1-5-15(18)19-16(10-11-17(4)13(16)3)14-8-6-12(2)7-9-14/h6-9,13H,5,10-11H2,1-4H3/t13-,16+/m0/s1. The van der Waals surface area contributed by atoms with Crippen molar-refractivity contribution in [3.05, 3.63) is 35.4 Å². The van der Waals surface area contributed by atoms with E-state index in [-0.39, 0.29) is 12.0 Å². The van der Waals surface area contributed by atoms with Crippen LogP contribution in [0.25, 0.3) is 0 Å². The molecule has 2 rings (SSSR count). The number of ether oxygens (including phenoxy) is 1. The molecule has 0 spiro atoms. The molecule has 1 aromatic rings. The lowest BCUT2D eigenvalue weighted by molar-refractivity contribution is -0.163. The predicted octanol–water partition coefficient (Wildman–Crippen LogP) is 2.87. The van der Waals surface area contributed by atoms with E-state index in [1.165, 1.54) is 5.56 Å². The molecule has 1 aliphatic heterocycles. The molecular weight excluding hydrogens is 238 g/mol. The van der Waals surface area contributed by atoms with Crippen LogP contribution in [0.1, 0.15) is 37.8 Å². The van der Waals surface area contributed by atoms with E-state index in [9.17, 15) is 4.79 Å². The lowest BCUT2D eigenvalue weighted by Gasteiger charge is -2.35. The van der Waals surface area contributed by atoms with Crippen molar-refractivity contribution >= 4 is 5.97 Å². The molecule has 104 valence electrons. The van der Waals surface area contributed by atoms with Crippen molar-refractivity contribution in [3.8, 4) is 0 Å². The fourth-order valence-corrected chi connectivity index (χ4v) is 2.79. The van der Waals surface area contributed by atoms with E-state index in [2.05, 4.69) is 50.1 Å². The Labute approximate surface area is 115 Å². The third-order valence-corrected chi connectivity index (χ3v) is 4.30. The zero-order chi connectivity index (χ0) is 14.0. The fourth-order valence-electron chi connectivity index (χ4n) is 2.79. The van der Waals surface area contributed by atoms with Crippen LogP contribution in [0.5, 0.6) is 0 Å². The van der Waals surface area contributed by atoms with Gasteiger partial charge in [0.05, 0.1) is 6.04 Å². The zero-order valence-electron chi connectivity index (χ0n) is 12.3. The van der Waals surface area contributed by atoms with Gasteiger partial charge in [-0.15, -0.1) is 0 Å². The largest absolute Gasteiger partial charge is 0.452 e. The maximum Gasteiger partial charge on any atom is 0.306 e. The van der Waals surface area contributed by atoms with Crippen molar-refractivity contribution < 1.29 is 9.53 Å². The number of aryl methyl sites for hydroxylation is 1. The smallest absolute Gasteiger partial charge is 0.306 e. The van der Waals surface area contributed by atoms with Crippen LogP contribution in [0.15, 0.2) is 24.3 Å². The van der Waals surface area contributed by atoms with Gasteiger partial charge in [0.25, 0.3) is 0 Å². The molecule has 0 aliphatic carbocycles. The summed E-state index contributed by atoms with van der Waals surface area (Å²) in [6, 6.07) is 8.55. The molecule has 1 aromatic carbocycles. The summed E-state index contributed by atoms with van der Waals surface area (Å²) in [5, 5.41) is 0. The predicted molar refractivity (Wildman–Crippen MR) is 75.9 cm³/mol. The summed E-state index contributed by atoms with van der Waals surface area (Å²) < 4.78 is 5.88. The first-order chi connectivity index (χ1) is 8.99. The second-order valence-corrected chi connectivity index (χ2v) is 5.49. The summed E-state index contributed by atoms with van der Waals surface area (Å²) in [5.74, 6) is -0.122. The normalized spacial score (nSPS) is 27.5. The topological polar surface area (TPSA) is 29.5 Å². The Morgan fingerprint density at radius 2 is 2.05 bits per heavy atom. The highest BCUT2D eigenvalue weighted by Gasteiger charge is 2.47. The van der Waals surface area contributed by atoms with Crippen molar-refractivity contribution in [1.29, 1.82) is 0 Å². The first kappa shape index (κ1) is 14.1. The molecule has 1 saturated heterocycles. The minimum Gasteiger partial charge on any atom is -0.452 e. The van der Waals surface area contributed by atoms with Crippen LogP contribution in [0.2, 0.25) is 0 Å². The van der Waals surface area contributed by atoms with Crippen molar-refractivity contribution in [2.24, 2.45) is 0 Å². The number of esters is 1. The van der Waals surface area contributed by atoms with E-state index in [4.69, 9.17) is 4.74 Å². The van der Waals surface area contributed by atoms with E-state index < -0.39 is 5.60 Å². The highest BCUT2D eigenvalue weighted by atomic mass is 16.6. The van der Waals surface area contributed by atoms with Crippen LogP contribution in [-0.2, 0) is 15.1 Å². The molecule has 1 fully saturated rings. The Hall–Kier alpha value is -1.35. The molecule has 0 N–H and O–H groups in total. The average Bonchev–Trinajstić information content (AvgIpc) is 2.69. The second-order valence-electron chi connectivity index (χ2n) is 5.49. The zero-order valence-corrected chi connectivity index (χ0v) is 12.3. The van der Waals surface area contributed by atoms with Gasteiger partial charge in [0, 0.05) is 19.4 Å². The molecule has 3 heteroatoms. The first-order valence-corrected chi connectivity index (χ1v) is 6.99. The Morgan fingerprint density at radius 1 is 1.42 bits per heavy atom. The number of hydrogen-bond acceptors (Lipinski definition) is 3. The summed E-state index contributed by atoms with van der Waals surface area (Å²) in [6.07, 6.45) is 1.28. The van der Waals surface area contributed by atoms with Crippen LogP contribution >= 0.6 is 0 Å². The van der Waals surface area contributed by atoms with Gasteiger partial charge in [-0.3, -0.25) is 9.69 Å².